The van der Waals surface area contributed by atoms with Crippen LogP contribution in [0.3, 0.4) is 0 Å². The number of ether oxygens (including phenoxy) is 1. The number of fused-ring (bicyclic) bond motifs is 1. The summed E-state index contributed by atoms with van der Waals surface area (Å²) >= 11 is 0. The first-order chi connectivity index (χ1) is 11.9. The first kappa shape index (κ1) is 16.6. The Kier molecular flexibility index (Phi) is 4.18. The van der Waals surface area contributed by atoms with E-state index in [1.165, 1.54) is 49.2 Å². The summed E-state index contributed by atoms with van der Waals surface area (Å²) in [5.74, 6) is -1.12. The summed E-state index contributed by atoms with van der Waals surface area (Å²) in [5, 5.41) is 0.167. The van der Waals surface area contributed by atoms with Crippen LogP contribution in [0.25, 0.3) is 22.2 Å². The predicted octanol–water partition coefficient (Wildman–Crippen LogP) is 1.07. The molecular formula is C17H14FN3O4. The number of halogens is 1. The van der Waals surface area contributed by atoms with E-state index in [0.29, 0.717) is 11.1 Å². The van der Waals surface area contributed by atoms with Crippen molar-refractivity contribution in [2.75, 3.05) is 7.11 Å². The second-order valence-electron chi connectivity index (χ2n) is 5.37. The SMILES string of the molecule is COC(=O)Cn1c(=O)c2c(-c3ccc(F)cc3)ccnc2n(C)c1=O. The maximum Gasteiger partial charge on any atom is 0.332 e. The highest BCUT2D eigenvalue weighted by Gasteiger charge is 2.18. The summed E-state index contributed by atoms with van der Waals surface area (Å²) < 4.78 is 19.7. The monoisotopic (exact) mass is 343 g/mol. The minimum absolute atomic E-state index is 0.167. The molecule has 0 atom stereocenters. The fraction of sp³-hybridized carbons (Fsp3) is 0.176. The summed E-state index contributed by atoms with van der Waals surface area (Å²) in [4.78, 5) is 40.9. The molecule has 0 saturated heterocycles. The summed E-state index contributed by atoms with van der Waals surface area (Å²) in [6, 6.07) is 7.20. The van der Waals surface area contributed by atoms with Crippen LogP contribution in [0.5, 0.6) is 0 Å². The number of esters is 1. The Morgan fingerprint density at radius 1 is 1.20 bits per heavy atom. The van der Waals surface area contributed by atoms with Gasteiger partial charge in [0.15, 0.2) is 0 Å². The highest BCUT2D eigenvalue weighted by Crippen LogP contribution is 2.24. The molecule has 0 fully saturated rings. The van der Waals surface area contributed by atoms with Gasteiger partial charge < -0.3 is 4.74 Å². The highest BCUT2D eigenvalue weighted by molar-refractivity contribution is 5.92. The number of pyridine rings is 1. The first-order valence-electron chi connectivity index (χ1n) is 7.35. The zero-order chi connectivity index (χ0) is 18.1. The Hall–Kier alpha value is -3.29. The van der Waals surface area contributed by atoms with Gasteiger partial charge in [-0.15, -0.1) is 0 Å². The predicted molar refractivity (Wildman–Crippen MR) is 88.7 cm³/mol. The quantitative estimate of drug-likeness (QED) is 0.665. The van der Waals surface area contributed by atoms with Crippen molar-refractivity contribution in [3.05, 3.63) is 63.2 Å². The molecule has 8 heteroatoms. The molecule has 1 aromatic carbocycles. The van der Waals surface area contributed by atoms with Crippen LogP contribution in [0.2, 0.25) is 0 Å². The summed E-state index contributed by atoms with van der Waals surface area (Å²) in [5.41, 5.74) is -0.0705. The molecule has 0 saturated carbocycles. The van der Waals surface area contributed by atoms with Crippen LogP contribution in [0, 0.1) is 5.82 Å². The van der Waals surface area contributed by atoms with Crippen molar-refractivity contribution in [3.63, 3.8) is 0 Å². The number of benzene rings is 1. The van der Waals surface area contributed by atoms with E-state index in [4.69, 9.17) is 0 Å². The van der Waals surface area contributed by atoms with Crippen molar-refractivity contribution in [1.82, 2.24) is 14.1 Å². The normalized spacial score (nSPS) is 10.8. The second-order valence-corrected chi connectivity index (χ2v) is 5.37. The van der Waals surface area contributed by atoms with Crippen molar-refractivity contribution in [2.45, 2.75) is 6.54 Å². The second kappa shape index (κ2) is 6.31. The van der Waals surface area contributed by atoms with Crippen molar-refractivity contribution < 1.29 is 13.9 Å². The molecule has 2 aromatic heterocycles. The van der Waals surface area contributed by atoms with Gasteiger partial charge in [0.2, 0.25) is 0 Å². The number of carbonyl (C=O) groups excluding carboxylic acids is 1. The van der Waals surface area contributed by atoms with Gasteiger partial charge in [-0.25, -0.2) is 18.7 Å². The van der Waals surface area contributed by atoms with Gasteiger partial charge in [0.25, 0.3) is 5.56 Å². The van der Waals surface area contributed by atoms with Crippen molar-refractivity contribution in [1.29, 1.82) is 0 Å². The van der Waals surface area contributed by atoms with Crippen molar-refractivity contribution in [2.24, 2.45) is 7.05 Å². The Labute approximate surface area is 140 Å². The molecule has 0 aliphatic heterocycles. The van der Waals surface area contributed by atoms with Crippen LogP contribution in [-0.2, 0) is 23.1 Å². The standard InChI is InChI=1S/C17H14FN3O4/c1-20-15-14(16(23)21(17(20)24)9-13(22)25-2)12(7-8-19-15)10-3-5-11(18)6-4-10/h3-8H,9H2,1-2H3. The summed E-state index contributed by atoms with van der Waals surface area (Å²) in [6.45, 7) is -0.504. The molecule has 3 aromatic rings. The molecule has 0 aliphatic carbocycles. The molecule has 2 heterocycles. The van der Waals surface area contributed by atoms with Crippen molar-refractivity contribution >= 4 is 17.0 Å². The van der Waals surface area contributed by atoms with Crippen LogP contribution >= 0.6 is 0 Å². The van der Waals surface area contributed by atoms with Gasteiger partial charge in [-0.1, -0.05) is 12.1 Å². The largest absolute Gasteiger partial charge is 0.468 e. The maximum absolute atomic E-state index is 13.2. The molecule has 0 unspecified atom stereocenters. The van der Waals surface area contributed by atoms with E-state index in [9.17, 15) is 18.8 Å². The molecule has 0 aliphatic rings. The van der Waals surface area contributed by atoms with Gasteiger partial charge in [0.05, 0.1) is 12.5 Å². The molecule has 25 heavy (non-hydrogen) atoms. The Bertz CT molecular complexity index is 1080. The van der Waals surface area contributed by atoms with Gasteiger partial charge in [0.1, 0.15) is 18.0 Å². The number of aryl methyl sites for hydroxylation is 1. The average Bonchev–Trinajstić information content (AvgIpc) is 2.63. The molecule has 0 bridgehead atoms. The third-order valence-corrected chi connectivity index (χ3v) is 3.90. The number of rotatable bonds is 3. The number of aromatic nitrogens is 3. The molecule has 7 nitrogen and oxygen atoms in total. The van der Waals surface area contributed by atoms with Gasteiger partial charge >= 0.3 is 11.7 Å². The highest BCUT2D eigenvalue weighted by atomic mass is 19.1. The average molecular weight is 343 g/mol. The van der Waals surface area contributed by atoms with Gasteiger partial charge in [-0.05, 0) is 29.3 Å². The van der Waals surface area contributed by atoms with E-state index in [1.54, 1.807) is 6.07 Å². The lowest BCUT2D eigenvalue weighted by molar-refractivity contribution is -0.141. The molecule has 0 spiro atoms. The third kappa shape index (κ3) is 2.82. The van der Waals surface area contributed by atoms with E-state index < -0.39 is 29.6 Å². The van der Waals surface area contributed by atoms with E-state index >= 15 is 0 Å². The first-order valence-corrected chi connectivity index (χ1v) is 7.35. The van der Waals surface area contributed by atoms with E-state index in [-0.39, 0.29) is 11.0 Å². The van der Waals surface area contributed by atoms with Crippen LogP contribution in [0.1, 0.15) is 0 Å². The van der Waals surface area contributed by atoms with E-state index in [0.717, 1.165) is 4.57 Å². The zero-order valence-corrected chi connectivity index (χ0v) is 13.5. The van der Waals surface area contributed by atoms with Gasteiger partial charge in [0, 0.05) is 13.2 Å². The minimum atomic E-state index is -0.717. The molecule has 0 radical (unpaired) electrons. The third-order valence-electron chi connectivity index (χ3n) is 3.90. The topological polar surface area (TPSA) is 83.2 Å². The van der Waals surface area contributed by atoms with Crippen LogP contribution < -0.4 is 11.2 Å². The molecule has 3 rings (SSSR count). The molecule has 0 N–H and O–H groups in total. The molecule has 128 valence electrons. The van der Waals surface area contributed by atoms with Crippen LogP contribution in [-0.4, -0.2) is 27.2 Å². The lowest BCUT2D eigenvalue weighted by Gasteiger charge is -2.12. The fourth-order valence-corrected chi connectivity index (χ4v) is 2.61. The number of methoxy groups -OCH3 is 1. The number of carbonyl (C=O) groups is 1. The Morgan fingerprint density at radius 3 is 2.52 bits per heavy atom. The Balaban J connectivity index is 2.38. The number of hydrogen-bond donors (Lipinski definition) is 0. The molecule has 0 amide bonds. The fourth-order valence-electron chi connectivity index (χ4n) is 2.61. The van der Waals surface area contributed by atoms with Gasteiger partial charge in [-0.2, -0.15) is 0 Å². The molecular weight excluding hydrogens is 329 g/mol. The van der Waals surface area contributed by atoms with E-state index in [1.807, 2.05) is 0 Å². The van der Waals surface area contributed by atoms with Gasteiger partial charge in [-0.3, -0.25) is 14.2 Å². The minimum Gasteiger partial charge on any atom is -0.468 e. The maximum atomic E-state index is 13.2. The lowest BCUT2D eigenvalue weighted by Crippen LogP contribution is -2.41. The number of hydrogen-bond acceptors (Lipinski definition) is 5. The lowest BCUT2D eigenvalue weighted by atomic mass is 10.0. The van der Waals surface area contributed by atoms with E-state index in [2.05, 4.69) is 9.72 Å². The van der Waals surface area contributed by atoms with Crippen molar-refractivity contribution in [3.8, 4) is 11.1 Å². The zero-order valence-electron chi connectivity index (χ0n) is 13.5. The summed E-state index contributed by atoms with van der Waals surface area (Å²) in [6.07, 6.45) is 1.46. The summed E-state index contributed by atoms with van der Waals surface area (Å²) in [7, 11) is 2.63. The smallest absolute Gasteiger partial charge is 0.332 e. The van der Waals surface area contributed by atoms with Crippen LogP contribution in [0.15, 0.2) is 46.1 Å². The Morgan fingerprint density at radius 2 is 1.88 bits per heavy atom. The number of nitrogens with zero attached hydrogens (tertiary/aromatic N) is 3. The van der Waals surface area contributed by atoms with Crippen LogP contribution in [0.4, 0.5) is 4.39 Å².